The fraction of sp³-hybridized carbons (Fsp3) is 0.235. The summed E-state index contributed by atoms with van der Waals surface area (Å²) in [6.45, 7) is 0. The molecule has 1 amide bonds. The molecule has 0 saturated carbocycles. The van der Waals surface area contributed by atoms with Gasteiger partial charge in [-0.2, -0.15) is 13.2 Å². The number of rotatable bonds is 4. The molecule has 2 rings (SSSR count). The van der Waals surface area contributed by atoms with Gasteiger partial charge >= 0.3 is 6.18 Å². The molecule has 0 radical (unpaired) electrons. The van der Waals surface area contributed by atoms with Gasteiger partial charge in [-0.1, -0.05) is 18.2 Å². The highest BCUT2D eigenvalue weighted by atomic mass is 19.4. The van der Waals surface area contributed by atoms with E-state index in [1.54, 1.807) is 20.2 Å². The third-order valence-corrected chi connectivity index (χ3v) is 3.41. The Morgan fingerprint density at radius 1 is 1.12 bits per heavy atom. The molecular weight excluding hydrogens is 324 g/mol. The van der Waals surface area contributed by atoms with Crippen LogP contribution in [-0.4, -0.2) is 20.0 Å². The second-order valence-electron chi connectivity index (χ2n) is 5.44. The largest absolute Gasteiger partial charge is 0.418 e. The minimum Gasteiger partial charge on any atom is -0.378 e. The van der Waals surface area contributed by atoms with Crippen LogP contribution < -0.4 is 10.2 Å². The summed E-state index contributed by atoms with van der Waals surface area (Å²) < 4.78 is 53.1. The van der Waals surface area contributed by atoms with Crippen molar-refractivity contribution in [3.05, 3.63) is 59.4 Å². The van der Waals surface area contributed by atoms with E-state index < -0.39 is 23.5 Å². The molecule has 0 bridgehead atoms. The summed E-state index contributed by atoms with van der Waals surface area (Å²) in [7, 11) is 3.23. The van der Waals surface area contributed by atoms with Gasteiger partial charge in [0, 0.05) is 19.8 Å². The van der Waals surface area contributed by atoms with E-state index in [9.17, 15) is 22.4 Å². The van der Waals surface area contributed by atoms with Crippen molar-refractivity contribution < 1.29 is 22.4 Å². The van der Waals surface area contributed by atoms with E-state index in [0.29, 0.717) is 5.69 Å². The molecule has 7 heteroatoms. The summed E-state index contributed by atoms with van der Waals surface area (Å²) in [5.41, 5.74) is -0.826. The second-order valence-corrected chi connectivity index (χ2v) is 5.44. The number of hydrogen-bond acceptors (Lipinski definition) is 2. The third-order valence-electron chi connectivity index (χ3n) is 3.41. The number of benzene rings is 2. The molecule has 2 aromatic carbocycles. The SMILES string of the molecule is CN(C)c1ccc(NC(=O)Cc2ccccc2F)c(C(F)(F)F)c1. The van der Waals surface area contributed by atoms with Gasteiger partial charge in [-0.05, 0) is 29.8 Å². The molecule has 2 aromatic rings. The monoisotopic (exact) mass is 340 g/mol. The predicted molar refractivity (Wildman–Crippen MR) is 84.5 cm³/mol. The average Bonchev–Trinajstić information content (AvgIpc) is 2.48. The van der Waals surface area contributed by atoms with E-state index >= 15 is 0 Å². The standard InChI is InChI=1S/C17H16F4N2O/c1-23(2)12-7-8-15(13(10-12)17(19,20)21)22-16(24)9-11-5-3-4-6-14(11)18/h3-8,10H,9H2,1-2H3,(H,22,24). The van der Waals surface area contributed by atoms with Crippen molar-refractivity contribution >= 4 is 17.3 Å². The smallest absolute Gasteiger partial charge is 0.378 e. The zero-order valence-electron chi connectivity index (χ0n) is 13.1. The van der Waals surface area contributed by atoms with Crippen molar-refractivity contribution in [2.45, 2.75) is 12.6 Å². The summed E-state index contributed by atoms with van der Waals surface area (Å²) >= 11 is 0. The lowest BCUT2D eigenvalue weighted by molar-refractivity contribution is -0.136. The van der Waals surface area contributed by atoms with Crippen LogP contribution in [0.15, 0.2) is 42.5 Å². The van der Waals surface area contributed by atoms with Crippen LogP contribution in [0.4, 0.5) is 28.9 Å². The van der Waals surface area contributed by atoms with E-state index in [1.165, 1.54) is 35.2 Å². The van der Waals surface area contributed by atoms with Crippen molar-refractivity contribution in [3.63, 3.8) is 0 Å². The first-order chi connectivity index (χ1) is 11.2. The molecule has 0 aliphatic carbocycles. The summed E-state index contributed by atoms with van der Waals surface area (Å²) in [5.74, 6) is -1.30. The van der Waals surface area contributed by atoms with Gasteiger partial charge in [-0.15, -0.1) is 0 Å². The van der Waals surface area contributed by atoms with Gasteiger partial charge in [-0.3, -0.25) is 4.79 Å². The Labute approximate surface area is 136 Å². The van der Waals surface area contributed by atoms with Gasteiger partial charge in [0.1, 0.15) is 5.82 Å². The Morgan fingerprint density at radius 3 is 2.38 bits per heavy atom. The normalized spacial score (nSPS) is 11.2. The molecule has 0 fully saturated rings. The summed E-state index contributed by atoms with van der Waals surface area (Å²) in [6.07, 6.45) is -4.97. The zero-order valence-corrected chi connectivity index (χ0v) is 13.1. The summed E-state index contributed by atoms with van der Waals surface area (Å²) in [4.78, 5) is 13.5. The van der Waals surface area contributed by atoms with E-state index in [4.69, 9.17) is 0 Å². The van der Waals surface area contributed by atoms with Crippen molar-refractivity contribution in [1.82, 2.24) is 0 Å². The van der Waals surface area contributed by atoms with Crippen molar-refractivity contribution in [1.29, 1.82) is 0 Å². The first-order valence-electron chi connectivity index (χ1n) is 7.10. The van der Waals surface area contributed by atoms with E-state index in [0.717, 1.165) is 6.07 Å². The van der Waals surface area contributed by atoms with Crippen molar-refractivity contribution in [2.24, 2.45) is 0 Å². The van der Waals surface area contributed by atoms with Crippen molar-refractivity contribution in [2.75, 3.05) is 24.3 Å². The number of hydrogen-bond donors (Lipinski definition) is 1. The minimum atomic E-state index is -4.62. The fourth-order valence-corrected chi connectivity index (χ4v) is 2.16. The molecule has 24 heavy (non-hydrogen) atoms. The number of amides is 1. The zero-order chi connectivity index (χ0) is 17.9. The molecule has 0 saturated heterocycles. The number of anilines is 2. The van der Waals surface area contributed by atoms with E-state index in [1.807, 2.05) is 0 Å². The van der Waals surface area contributed by atoms with Crippen molar-refractivity contribution in [3.8, 4) is 0 Å². The van der Waals surface area contributed by atoms with Crippen LogP contribution in [0.2, 0.25) is 0 Å². The number of alkyl halides is 3. The van der Waals surface area contributed by atoms with Gasteiger partial charge in [0.2, 0.25) is 5.91 Å². The molecule has 0 spiro atoms. The number of carbonyl (C=O) groups excluding carboxylic acids is 1. The number of nitrogens with zero attached hydrogens (tertiary/aromatic N) is 1. The topological polar surface area (TPSA) is 32.3 Å². The predicted octanol–water partition coefficient (Wildman–Crippen LogP) is 4.09. The van der Waals surface area contributed by atoms with Crippen LogP contribution in [0, 0.1) is 5.82 Å². The quantitative estimate of drug-likeness (QED) is 0.850. The van der Waals surface area contributed by atoms with Crippen LogP contribution in [0.25, 0.3) is 0 Å². The number of nitrogens with one attached hydrogen (secondary N) is 1. The fourth-order valence-electron chi connectivity index (χ4n) is 2.16. The molecule has 0 aromatic heterocycles. The molecular formula is C17H16F4N2O. The molecule has 0 heterocycles. The average molecular weight is 340 g/mol. The maximum atomic E-state index is 13.5. The molecule has 0 atom stereocenters. The molecule has 3 nitrogen and oxygen atoms in total. The lowest BCUT2D eigenvalue weighted by atomic mass is 10.1. The maximum absolute atomic E-state index is 13.5. The summed E-state index contributed by atoms with van der Waals surface area (Å²) in [6, 6.07) is 9.24. The Balaban J connectivity index is 2.25. The Bertz CT molecular complexity index is 742. The lowest BCUT2D eigenvalue weighted by Gasteiger charge is -2.18. The van der Waals surface area contributed by atoms with Gasteiger partial charge in [0.25, 0.3) is 0 Å². The molecule has 0 aliphatic heterocycles. The van der Waals surface area contributed by atoms with Gasteiger partial charge in [-0.25, -0.2) is 4.39 Å². The van der Waals surface area contributed by atoms with Gasteiger partial charge in [0.05, 0.1) is 17.7 Å². The first-order valence-corrected chi connectivity index (χ1v) is 7.10. The molecule has 128 valence electrons. The molecule has 0 aliphatic rings. The molecule has 1 N–H and O–H groups in total. The lowest BCUT2D eigenvalue weighted by Crippen LogP contribution is -2.19. The van der Waals surface area contributed by atoms with E-state index in [-0.39, 0.29) is 17.7 Å². The summed E-state index contributed by atoms with van der Waals surface area (Å²) in [5, 5.41) is 2.21. The van der Waals surface area contributed by atoms with Crippen LogP contribution in [0.1, 0.15) is 11.1 Å². The Kier molecular flexibility index (Phi) is 5.11. The van der Waals surface area contributed by atoms with Gasteiger partial charge in [0.15, 0.2) is 0 Å². The highest BCUT2D eigenvalue weighted by Crippen LogP contribution is 2.37. The second kappa shape index (κ2) is 6.90. The number of carbonyl (C=O) groups is 1. The highest BCUT2D eigenvalue weighted by molar-refractivity contribution is 5.93. The third kappa shape index (κ3) is 4.24. The highest BCUT2D eigenvalue weighted by Gasteiger charge is 2.34. The molecule has 0 unspecified atom stereocenters. The van der Waals surface area contributed by atoms with Gasteiger partial charge < -0.3 is 10.2 Å². The minimum absolute atomic E-state index is 0.119. The van der Waals surface area contributed by atoms with Crippen LogP contribution in [0.5, 0.6) is 0 Å². The van der Waals surface area contributed by atoms with Crippen LogP contribution in [0.3, 0.4) is 0 Å². The van der Waals surface area contributed by atoms with Crippen LogP contribution in [-0.2, 0) is 17.4 Å². The number of halogens is 4. The van der Waals surface area contributed by atoms with Crippen LogP contribution >= 0.6 is 0 Å². The Hall–Kier alpha value is -2.57. The van der Waals surface area contributed by atoms with E-state index in [2.05, 4.69) is 5.32 Å². The maximum Gasteiger partial charge on any atom is 0.418 e. The first kappa shape index (κ1) is 17.8. The Morgan fingerprint density at radius 2 is 1.79 bits per heavy atom.